The summed E-state index contributed by atoms with van der Waals surface area (Å²) in [6.45, 7) is 1.74. The molecular weight excluding hydrogens is 314 g/mol. The van der Waals surface area contributed by atoms with Crippen LogP contribution in [0.2, 0.25) is 0 Å². The van der Waals surface area contributed by atoms with Crippen molar-refractivity contribution in [1.29, 1.82) is 0 Å². The van der Waals surface area contributed by atoms with Crippen molar-refractivity contribution in [3.63, 3.8) is 0 Å². The molecule has 1 aliphatic rings. The summed E-state index contributed by atoms with van der Waals surface area (Å²) in [4.78, 5) is 24.0. The third kappa shape index (κ3) is 3.82. The van der Waals surface area contributed by atoms with Gasteiger partial charge in [-0.2, -0.15) is 0 Å². The lowest BCUT2D eigenvalue weighted by Crippen LogP contribution is -2.45. The van der Waals surface area contributed by atoms with E-state index in [0.29, 0.717) is 5.16 Å². The molecule has 0 unspecified atom stereocenters. The topological polar surface area (TPSA) is 88.4 Å². The third-order valence-electron chi connectivity index (χ3n) is 3.86. The zero-order valence-electron chi connectivity index (χ0n) is 12.9. The fourth-order valence-corrected chi connectivity index (χ4v) is 3.45. The van der Waals surface area contributed by atoms with E-state index in [2.05, 4.69) is 20.8 Å². The zero-order chi connectivity index (χ0) is 16.2. The molecule has 3 rings (SSSR count). The van der Waals surface area contributed by atoms with Gasteiger partial charge in [-0.25, -0.2) is 4.79 Å². The standard InChI is InChI=1S/C15H19N5O2S/c1-10(13(21)17-14(22)16-11-6-2-3-7-11)23-15-19-18-12-8-4-5-9-20(12)15/h4-5,8-11H,2-3,6-7H2,1H3,(H2,16,17,21,22)/t10-/m1/s1. The number of pyridine rings is 1. The van der Waals surface area contributed by atoms with Gasteiger partial charge in [0.15, 0.2) is 10.8 Å². The van der Waals surface area contributed by atoms with Crippen molar-refractivity contribution in [2.24, 2.45) is 0 Å². The molecule has 0 aromatic carbocycles. The summed E-state index contributed by atoms with van der Waals surface area (Å²) in [5.74, 6) is -0.335. The summed E-state index contributed by atoms with van der Waals surface area (Å²) in [5.41, 5.74) is 0.724. The number of rotatable bonds is 4. The van der Waals surface area contributed by atoms with E-state index in [1.54, 1.807) is 6.92 Å². The molecule has 1 fully saturated rings. The molecule has 2 heterocycles. The van der Waals surface area contributed by atoms with Crippen LogP contribution in [0.5, 0.6) is 0 Å². The Balaban J connectivity index is 1.55. The molecule has 0 spiro atoms. The maximum Gasteiger partial charge on any atom is 0.321 e. The number of urea groups is 1. The molecule has 23 heavy (non-hydrogen) atoms. The first kappa shape index (κ1) is 15.8. The summed E-state index contributed by atoms with van der Waals surface area (Å²) in [7, 11) is 0. The number of imide groups is 1. The molecule has 7 nitrogen and oxygen atoms in total. The van der Waals surface area contributed by atoms with Crippen LogP contribution in [0, 0.1) is 0 Å². The van der Waals surface area contributed by atoms with Gasteiger partial charge < -0.3 is 5.32 Å². The Hall–Kier alpha value is -2.09. The number of thioether (sulfide) groups is 1. The van der Waals surface area contributed by atoms with Crippen LogP contribution in [0.25, 0.3) is 5.65 Å². The Morgan fingerprint density at radius 2 is 2.09 bits per heavy atom. The van der Waals surface area contributed by atoms with Crippen molar-refractivity contribution in [3.05, 3.63) is 24.4 Å². The predicted octanol–water partition coefficient (Wildman–Crippen LogP) is 1.98. The van der Waals surface area contributed by atoms with Gasteiger partial charge in [0.25, 0.3) is 0 Å². The van der Waals surface area contributed by atoms with Crippen molar-refractivity contribution >= 4 is 29.3 Å². The van der Waals surface area contributed by atoms with Crippen LogP contribution in [0.4, 0.5) is 4.79 Å². The molecule has 0 radical (unpaired) electrons. The van der Waals surface area contributed by atoms with Crippen LogP contribution in [0.3, 0.4) is 0 Å². The van der Waals surface area contributed by atoms with Gasteiger partial charge in [-0.1, -0.05) is 30.7 Å². The van der Waals surface area contributed by atoms with Gasteiger partial charge in [0.1, 0.15) is 0 Å². The number of fused-ring (bicyclic) bond motifs is 1. The molecule has 8 heteroatoms. The highest BCUT2D eigenvalue weighted by molar-refractivity contribution is 8.00. The third-order valence-corrected chi connectivity index (χ3v) is 4.92. The average molecular weight is 333 g/mol. The first-order valence-electron chi connectivity index (χ1n) is 7.71. The van der Waals surface area contributed by atoms with Gasteiger partial charge >= 0.3 is 6.03 Å². The summed E-state index contributed by atoms with van der Waals surface area (Å²) in [6, 6.07) is 5.37. The fourth-order valence-electron chi connectivity index (χ4n) is 2.62. The normalized spacial score (nSPS) is 16.4. The van der Waals surface area contributed by atoms with Crippen molar-refractivity contribution in [1.82, 2.24) is 25.2 Å². The molecule has 0 bridgehead atoms. The SMILES string of the molecule is C[C@@H](Sc1nnc2ccccn12)C(=O)NC(=O)NC1CCCC1. The second kappa shape index (κ2) is 6.99. The largest absolute Gasteiger partial charge is 0.335 e. The van der Waals surface area contributed by atoms with Crippen LogP contribution in [-0.2, 0) is 4.79 Å². The molecule has 2 N–H and O–H groups in total. The van der Waals surface area contributed by atoms with E-state index < -0.39 is 11.3 Å². The van der Waals surface area contributed by atoms with Crippen LogP contribution >= 0.6 is 11.8 Å². The minimum atomic E-state index is -0.447. The number of hydrogen-bond donors (Lipinski definition) is 2. The Bertz CT molecular complexity index is 711. The molecule has 0 aliphatic heterocycles. The quantitative estimate of drug-likeness (QED) is 0.835. The van der Waals surface area contributed by atoms with Gasteiger partial charge in [0.2, 0.25) is 5.91 Å². The van der Waals surface area contributed by atoms with Crippen molar-refractivity contribution in [2.45, 2.75) is 49.1 Å². The number of nitrogens with one attached hydrogen (secondary N) is 2. The highest BCUT2D eigenvalue weighted by Crippen LogP contribution is 2.22. The van der Waals surface area contributed by atoms with Crippen LogP contribution in [-0.4, -0.2) is 37.8 Å². The molecule has 1 atom stereocenters. The monoisotopic (exact) mass is 333 g/mol. The van der Waals surface area contributed by atoms with Gasteiger partial charge in [0, 0.05) is 12.2 Å². The molecule has 1 saturated carbocycles. The number of aromatic nitrogens is 3. The zero-order valence-corrected chi connectivity index (χ0v) is 13.7. The Morgan fingerprint density at radius 1 is 1.30 bits per heavy atom. The van der Waals surface area contributed by atoms with Gasteiger partial charge in [-0.15, -0.1) is 10.2 Å². The molecule has 3 amide bonds. The van der Waals surface area contributed by atoms with Crippen LogP contribution in [0.1, 0.15) is 32.6 Å². The van der Waals surface area contributed by atoms with Gasteiger partial charge in [-0.05, 0) is 31.9 Å². The molecule has 0 saturated heterocycles. The minimum Gasteiger partial charge on any atom is -0.335 e. The molecular formula is C15H19N5O2S. The first-order valence-corrected chi connectivity index (χ1v) is 8.59. The second-order valence-corrected chi connectivity index (χ2v) is 6.92. The minimum absolute atomic E-state index is 0.186. The summed E-state index contributed by atoms with van der Waals surface area (Å²) in [6.07, 6.45) is 6.07. The Morgan fingerprint density at radius 3 is 2.87 bits per heavy atom. The number of amides is 3. The lowest BCUT2D eigenvalue weighted by atomic mass is 10.2. The van der Waals surface area contributed by atoms with Crippen LogP contribution in [0.15, 0.2) is 29.6 Å². The predicted molar refractivity (Wildman–Crippen MR) is 87.2 cm³/mol. The highest BCUT2D eigenvalue weighted by Gasteiger charge is 2.22. The smallest absolute Gasteiger partial charge is 0.321 e. The summed E-state index contributed by atoms with van der Waals surface area (Å²) < 4.78 is 1.81. The summed E-state index contributed by atoms with van der Waals surface area (Å²) in [5, 5.41) is 13.5. The van der Waals surface area contributed by atoms with E-state index >= 15 is 0 Å². The maximum absolute atomic E-state index is 12.1. The maximum atomic E-state index is 12.1. The van der Waals surface area contributed by atoms with Crippen molar-refractivity contribution < 1.29 is 9.59 Å². The molecule has 2 aromatic rings. The van der Waals surface area contributed by atoms with Crippen LogP contribution < -0.4 is 10.6 Å². The molecule has 1 aliphatic carbocycles. The average Bonchev–Trinajstić information content (AvgIpc) is 3.17. The fraction of sp³-hybridized carbons (Fsp3) is 0.467. The highest BCUT2D eigenvalue weighted by atomic mass is 32.2. The Labute approximate surface area is 138 Å². The number of carbonyl (C=O) groups is 2. The second-order valence-electron chi connectivity index (χ2n) is 5.62. The van der Waals surface area contributed by atoms with Crippen molar-refractivity contribution in [2.75, 3.05) is 0 Å². The van der Waals surface area contributed by atoms with Crippen molar-refractivity contribution in [3.8, 4) is 0 Å². The number of nitrogens with zero attached hydrogens (tertiary/aromatic N) is 3. The first-order chi connectivity index (χ1) is 11.1. The summed E-state index contributed by atoms with van der Waals surface area (Å²) >= 11 is 1.27. The lowest BCUT2D eigenvalue weighted by Gasteiger charge is -2.14. The number of hydrogen-bond acceptors (Lipinski definition) is 5. The van der Waals surface area contributed by atoms with E-state index in [4.69, 9.17) is 0 Å². The molecule has 2 aromatic heterocycles. The van der Waals surface area contributed by atoms with E-state index in [1.807, 2.05) is 28.8 Å². The van der Waals surface area contributed by atoms with Gasteiger partial charge in [-0.3, -0.25) is 14.5 Å². The Kier molecular flexibility index (Phi) is 4.80. The van der Waals surface area contributed by atoms with Gasteiger partial charge in [0.05, 0.1) is 5.25 Å². The number of carbonyl (C=O) groups excluding carboxylic acids is 2. The van der Waals surface area contributed by atoms with E-state index in [9.17, 15) is 9.59 Å². The lowest BCUT2D eigenvalue weighted by molar-refractivity contribution is -0.119. The van der Waals surface area contributed by atoms with E-state index in [-0.39, 0.29) is 11.9 Å². The van der Waals surface area contributed by atoms with E-state index in [0.717, 1.165) is 31.3 Å². The molecule has 122 valence electrons. The van der Waals surface area contributed by atoms with E-state index in [1.165, 1.54) is 11.8 Å².